The van der Waals surface area contributed by atoms with Crippen molar-refractivity contribution >= 4 is 11.3 Å². The highest BCUT2D eigenvalue weighted by atomic mass is 32.1. The number of nitrogens with one attached hydrogen (secondary N) is 1. The monoisotopic (exact) mass is 266 g/mol. The van der Waals surface area contributed by atoms with Gasteiger partial charge in [0.1, 0.15) is 5.69 Å². The Kier molecular flexibility index (Phi) is 4.33. The van der Waals surface area contributed by atoms with Crippen LogP contribution in [-0.2, 0) is 7.05 Å². The second-order valence-electron chi connectivity index (χ2n) is 4.02. The van der Waals surface area contributed by atoms with Crippen LogP contribution in [0.1, 0.15) is 30.8 Å². The van der Waals surface area contributed by atoms with E-state index < -0.39 is 0 Å². The lowest BCUT2D eigenvalue weighted by molar-refractivity contribution is 0.400. The molecule has 2 heterocycles. The zero-order valence-electron chi connectivity index (χ0n) is 10.9. The van der Waals surface area contributed by atoms with Crippen molar-refractivity contribution in [3.8, 4) is 5.75 Å². The zero-order chi connectivity index (χ0) is 13.0. The molecule has 0 radical (unpaired) electrons. The summed E-state index contributed by atoms with van der Waals surface area (Å²) in [5, 5.41) is 9.80. The van der Waals surface area contributed by atoms with Crippen LogP contribution in [0.2, 0.25) is 0 Å². The van der Waals surface area contributed by atoms with Crippen molar-refractivity contribution in [2.24, 2.45) is 7.05 Å². The average Bonchev–Trinajstić information content (AvgIpc) is 3.01. The van der Waals surface area contributed by atoms with Gasteiger partial charge in [0.25, 0.3) is 0 Å². The topological polar surface area (TPSA) is 52.0 Å². The van der Waals surface area contributed by atoms with Crippen LogP contribution >= 0.6 is 11.3 Å². The number of hydrogen-bond acceptors (Lipinski definition) is 5. The molecular formula is C12H18N4OS. The Labute approximate surface area is 111 Å². The van der Waals surface area contributed by atoms with Gasteiger partial charge in [-0.1, -0.05) is 6.92 Å². The number of nitrogens with zero attached hydrogens (tertiary/aromatic N) is 3. The Bertz CT molecular complexity index is 480. The first kappa shape index (κ1) is 13.0. The molecule has 2 rings (SSSR count). The number of thiazole rings is 1. The third kappa shape index (κ3) is 2.54. The lowest BCUT2D eigenvalue weighted by atomic mass is 10.1. The van der Waals surface area contributed by atoms with Gasteiger partial charge in [-0.05, 0) is 13.0 Å². The highest BCUT2D eigenvalue weighted by Crippen LogP contribution is 2.29. The summed E-state index contributed by atoms with van der Waals surface area (Å²) in [4.78, 5) is 4.40. The van der Waals surface area contributed by atoms with Crippen molar-refractivity contribution in [3.63, 3.8) is 0 Å². The molecule has 2 aromatic rings. The van der Waals surface area contributed by atoms with Gasteiger partial charge in [0.15, 0.2) is 5.75 Å². The van der Waals surface area contributed by atoms with E-state index in [0.717, 1.165) is 30.1 Å². The number of methoxy groups -OCH3 is 1. The summed E-state index contributed by atoms with van der Waals surface area (Å²) in [6, 6.07) is 0.0265. The molecule has 1 atom stereocenters. The molecule has 0 bridgehead atoms. The molecule has 1 N–H and O–H groups in total. The minimum absolute atomic E-state index is 0.0265. The van der Waals surface area contributed by atoms with Gasteiger partial charge in [0, 0.05) is 12.4 Å². The molecule has 0 aliphatic rings. The van der Waals surface area contributed by atoms with E-state index in [1.807, 2.05) is 17.2 Å². The molecular weight excluding hydrogens is 248 g/mol. The summed E-state index contributed by atoms with van der Waals surface area (Å²) >= 11 is 1.60. The maximum Gasteiger partial charge on any atom is 0.161 e. The minimum atomic E-state index is 0.0265. The van der Waals surface area contributed by atoms with Crippen LogP contribution in [0.15, 0.2) is 17.1 Å². The number of rotatable bonds is 6. The molecule has 0 fully saturated rings. The summed E-state index contributed by atoms with van der Waals surface area (Å²) in [6.45, 7) is 3.07. The standard InChI is InChI=1S/C12H18N4OS/c1-4-5-13-11(9-7-18-8-14-9)12-10(17-3)6-15-16(12)2/h6-8,11,13H,4-5H2,1-3H3. The van der Waals surface area contributed by atoms with E-state index in [1.54, 1.807) is 24.6 Å². The SMILES string of the molecule is CCCNC(c1cscn1)c1c(OC)cnn1C. The fraction of sp³-hybridized carbons (Fsp3) is 0.500. The van der Waals surface area contributed by atoms with Crippen LogP contribution in [0, 0.1) is 0 Å². The Morgan fingerprint density at radius 3 is 3.00 bits per heavy atom. The zero-order valence-corrected chi connectivity index (χ0v) is 11.7. The van der Waals surface area contributed by atoms with Crippen LogP contribution in [0.5, 0.6) is 5.75 Å². The number of aryl methyl sites for hydroxylation is 1. The molecule has 18 heavy (non-hydrogen) atoms. The van der Waals surface area contributed by atoms with Gasteiger partial charge in [-0.15, -0.1) is 11.3 Å². The quantitative estimate of drug-likeness (QED) is 0.868. The van der Waals surface area contributed by atoms with Gasteiger partial charge in [-0.2, -0.15) is 5.10 Å². The van der Waals surface area contributed by atoms with Gasteiger partial charge in [0.05, 0.1) is 30.6 Å². The number of ether oxygens (including phenoxy) is 1. The van der Waals surface area contributed by atoms with E-state index in [1.165, 1.54) is 0 Å². The molecule has 0 aromatic carbocycles. The van der Waals surface area contributed by atoms with Gasteiger partial charge in [0.2, 0.25) is 0 Å². The predicted molar refractivity (Wildman–Crippen MR) is 72.0 cm³/mol. The second-order valence-corrected chi connectivity index (χ2v) is 4.74. The lowest BCUT2D eigenvalue weighted by Crippen LogP contribution is -2.26. The van der Waals surface area contributed by atoms with Crippen LogP contribution in [0.3, 0.4) is 0 Å². The van der Waals surface area contributed by atoms with Gasteiger partial charge < -0.3 is 10.1 Å². The number of hydrogen-bond donors (Lipinski definition) is 1. The fourth-order valence-electron chi connectivity index (χ4n) is 1.91. The molecule has 0 spiro atoms. The van der Waals surface area contributed by atoms with E-state index in [0.29, 0.717) is 0 Å². The summed E-state index contributed by atoms with van der Waals surface area (Å²) in [5.41, 5.74) is 3.87. The third-order valence-corrected chi connectivity index (χ3v) is 3.39. The van der Waals surface area contributed by atoms with Crippen molar-refractivity contribution in [3.05, 3.63) is 28.5 Å². The number of aromatic nitrogens is 3. The Morgan fingerprint density at radius 1 is 1.56 bits per heavy atom. The summed E-state index contributed by atoms with van der Waals surface area (Å²) in [6.07, 6.45) is 2.81. The first-order valence-corrected chi connectivity index (χ1v) is 6.89. The van der Waals surface area contributed by atoms with E-state index in [2.05, 4.69) is 27.7 Å². The van der Waals surface area contributed by atoms with Crippen LogP contribution < -0.4 is 10.1 Å². The van der Waals surface area contributed by atoms with Gasteiger partial charge in [-0.25, -0.2) is 4.98 Å². The van der Waals surface area contributed by atoms with Gasteiger partial charge >= 0.3 is 0 Å². The smallest absolute Gasteiger partial charge is 0.161 e. The molecule has 1 unspecified atom stereocenters. The summed E-state index contributed by atoms with van der Waals surface area (Å²) in [5.74, 6) is 0.791. The maximum absolute atomic E-state index is 5.38. The van der Waals surface area contributed by atoms with Crippen molar-refractivity contribution in [2.45, 2.75) is 19.4 Å². The van der Waals surface area contributed by atoms with E-state index in [-0.39, 0.29) is 6.04 Å². The Balaban J connectivity index is 2.36. The molecule has 0 aliphatic carbocycles. The molecule has 0 saturated heterocycles. The van der Waals surface area contributed by atoms with Crippen LogP contribution in [-0.4, -0.2) is 28.4 Å². The van der Waals surface area contributed by atoms with Crippen molar-refractivity contribution in [2.75, 3.05) is 13.7 Å². The van der Waals surface area contributed by atoms with Crippen molar-refractivity contribution in [1.82, 2.24) is 20.1 Å². The van der Waals surface area contributed by atoms with E-state index >= 15 is 0 Å². The molecule has 2 aromatic heterocycles. The lowest BCUT2D eigenvalue weighted by Gasteiger charge is -2.18. The Hall–Kier alpha value is -1.40. The van der Waals surface area contributed by atoms with E-state index in [9.17, 15) is 0 Å². The molecule has 6 heteroatoms. The third-order valence-electron chi connectivity index (χ3n) is 2.79. The van der Waals surface area contributed by atoms with Crippen molar-refractivity contribution in [1.29, 1.82) is 0 Å². The minimum Gasteiger partial charge on any atom is -0.493 e. The molecule has 0 amide bonds. The highest BCUT2D eigenvalue weighted by molar-refractivity contribution is 7.07. The van der Waals surface area contributed by atoms with E-state index in [4.69, 9.17) is 4.74 Å². The summed E-state index contributed by atoms with van der Waals surface area (Å²) < 4.78 is 7.22. The predicted octanol–water partition coefficient (Wildman–Crippen LogP) is 1.97. The fourth-order valence-corrected chi connectivity index (χ4v) is 2.49. The normalized spacial score (nSPS) is 12.6. The molecule has 0 aliphatic heterocycles. The van der Waals surface area contributed by atoms with Gasteiger partial charge in [-0.3, -0.25) is 4.68 Å². The molecule has 5 nitrogen and oxygen atoms in total. The van der Waals surface area contributed by atoms with Crippen molar-refractivity contribution < 1.29 is 4.74 Å². The highest BCUT2D eigenvalue weighted by Gasteiger charge is 2.23. The molecule has 0 saturated carbocycles. The van der Waals surface area contributed by atoms with Crippen LogP contribution in [0.4, 0.5) is 0 Å². The average molecular weight is 266 g/mol. The molecule has 98 valence electrons. The largest absolute Gasteiger partial charge is 0.493 e. The summed E-state index contributed by atoms with van der Waals surface area (Å²) in [7, 11) is 3.59. The Morgan fingerprint density at radius 2 is 2.39 bits per heavy atom. The van der Waals surface area contributed by atoms with Crippen LogP contribution in [0.25, 0.3) is 0 Å². The second kappa shape index (κ2) is 5.97. The maximum atomic E-state index is 5.38. The first-order chi connectivity index (χ1) is 8.77. The first-order valence-electron chi connectivity index (χ1n) is 5.95.